The van der Waals surface area contributed by atoms with Gasteiger partial charge in [-0.15, -0.1) is 0 Å². The zero-order chi connectivity index (χ0) is 44.0. The van der Waals surface area contributed by atoms with Gasteiger partial charge in [-0.3, -0.25) is 14.8 Å². The van der Waals surface area contributed by atoms with Crippen molar-refractivity contribution < 1.29 is 9.90 Å². The Morgan fingerprint density at radius 2 is 0.969 bits per heavy atom. The molecule has 1 aliphatic carbocycles. The van der Waals surface area contributed by atoms with Crippen LogP contribution in [0.15, 0.2) is 212 Å². The Kier molecular flexibility index (Phi) is 12.1. The number of hydrogen-bond donors (Lipinski definition) is 1. The van der Waals surface area contributed by atoms with Crippen LogP contribution in [0, 0.1) is 5.92 Å². The molecule has 0 atom stereocenters. The molecule has 0 amide bonds. The Balaban J connectivity index is 1.05. The second-order valence-electron chi connectivity index (χ2n) is 17.2. The average Bonchev–Trinajstić information content (AvgIpc) is 3.38. The zero-order valence-corrected chi connectivity index (χ0v) is 36.4. The Labute approximate surface area is 381 Å². The number of allylic oxidation sites excluding steroid dienone is 2. The molecule has 1 N–H and O–H groups in total. The fraction of sp³-hybridized carbons (Fsp3) is 0.131. The highest BCUT2D eigenvalue weighted by molar-refractivity contribution is 5.93. The normalized spacial score (nSPS) is 13.2. The molecule has 2 heterocycles. The number of carbonyl (C=O) groups is 1. The Bertz CT molecular complexity index is 3140. The summed E-state index contributed by atoms with van der Waals surface area (Å²) in [7, 11) is 0. The second-order valence-corrected chi connectivity index (χ2v) is 17.2. The summed E-state index contributed by atoms with van der Waals surface area (Å²) in [6.07, 6.45) is 11.6. The molecule has 0 radical (unpaired) electrons. The lowest BCUT2D eigenvalue weighted by molar-refractivity contribution is -0.114. The van der Waals surface area contributed by atoms with Gasteiger partial charge in [0.25, 0.3) is 0 Å². The second kappa shape index (κ2) is 19.0. The van der Waals surface area contributed by atoms with Crippen LogP contribution >= 0.6 is 0 Å². The van der Waals surface area contributed by atoms with Crippen LogP contribution in [0.4, 0.5) is 0 Å². The molecule has 0 unspecified atom stereocenters. The number of hydrogen-bond acceptors (Lipinski definition) is 4. The quantitative estimate of drug-likeness (QED) is 0.0983. The summed E-state index contributed by atoms with van der Waals surface area (Å²) in [5.74, 6) is 0.320. The number of pyridine rings is 2. The van der Waals surface area contributed by atoms with Crippen LogP contribution < -0.4 is 0 Å². The first-order valence-electron chi connectivity index (χ1n) is 22.9. The standard InChI is InChI=1S/C61H50N2O2/c64-53(39-61(65)46-18-5-2-6-19-46)33-31-42-15-9-10-22-54(42)50-35-51(37-52(36-50)58-26-14-12-24-56(58)49-32-34-59(62-41-49)44-16-3-1-4-17-44)57-25-13-11-23-55(57)43-27-29-45(30-28-43)60-38-47-20-7-8-21-48(47)40-63-60/h1,3-4,7-17,20-30,32,34-41,46,65H,2,5-6,18-19,31,33H2. The van der Waals surface area contributed by atoms with Crippen LogP contribution in [-0.2, 0) is 11.2 Å². The van der Waals surface area contributed by atoms with E-state index in [1.807, 2.05) is 36.7 Å². The third-order valence-electron chi connectivity index (χ3n) is 13.0. The van der Waals surface area contributed by atoms with Crippen LogP contribution in [-0.4, -0.2) is 20.9 Å². The minimum Gasteiger partial charge on any atom is -0.512 e. The first-order chi connectivity index (χ1) is 32.0. The average molecular weight is 843 g/mol. The summed E-state index contributed by atoms with van der Waals surface area (Å²) < 4.78 is 0. The van der Waals surface area contributed by atoms with E-state index in [1.54, 1.807) is 0 Å². The van der Waals surface area contributed by atoms with Crippen LogP contribution in [0.2, 0.25) is 0 Å². The maximum Gasteiger partial charge on any atom is 0.159 e. The fourth-order valence-electron chi connectivity index (χ4n) is 9.49. The first kappa shape index (κ1) is 41.3. The maximum atomic E-state index is 13.4. The van der Waals surface area contributed by atoms with Gasteiger partial charge in [-0.25, -0.2) is 0 Å². The molecule has 0 spiro atoms. The van der Waals surface area contributed by atoms with Gasteiger partial charge in [-0.2, -0.15) is 0 Å². The highest BCUT2D eigenvalue weighted by Crippen LogP contribution is 2.41. The van der Waals surface area contributed by atoms with Gasteiger partial charge in [0, 0.05) is 52.9 Å². The monoisotopic (exact) mass is 842 g/mol. The largest absolute Gasteiger partial charge is 0.512 e. The van der Waals surface area contributed by atoms with Gasteiger partial charge in [0.1, 0.15) is 0 Å². The van der Waals surface area contributed by atoms with E-state index in [9.17, 15) is 9.90 Å². The number of aromatic nitrogens is 2. The van der Waals surface area contributed by atoms with Crippen molar-refractivity contribution >= 4 is 16.6 Å². The van der Waals surface area contributed by atoms with Crippen molar-refractivity contribution in [2.45, 2.75) is 44.9 Å². The number of fused-ring (bicyclic) bond motifs is 1. The predicted octanol–water partition coefficient (Wildman–Crippen LogP) is 15.8. The number of aliphatic hydroxyl groups is 1. The molecule has 2 aromatic heterocycles. The molecule has 0 saturated heterocycles. The highest BCUT2D eigenvalue weighted by atomic mass is 16.3. The van der Waals surface area contributed by atoms with Gasteiger partial charge in [0.2, 0.25) is 0 Å². The molecule has 7 aromatic carbocycles. The van der Waals surface area contributed by atoms with E-state index in [0.29, 0.717) is 12.8 Å². The summed E-state index contributed by atoms with van der Waals surface area (Å²) in [4.78, 5) is 23.1. The number of carbonyl (C=O) groups excluding carboxylic acids is 1. The predicted molar refractivity (Wildman–Crippen MR) is 268 cm³/mol. The van der Waals surface area contributed by atoms with Gasteiger partial charge in [-0.05, 0) is 111 Å². The van der Waals surface area contributed by atoms with Gasteiger partial charge in [-0.1, -0.05) is 177 Å². The highest BCUT2D eigenvalue weighted by Gasteiger charge is 2.20. The van der Waals surface area contributed by atoms with E-state index in [0.717, 1.165) is 115 Å². The summed E-state index contributed by atoms with van der Waals surface area (Å²) in [5, 5.41) is 13.2. The maximum absolute atomic E-state index is 13.4. The molecule has 1 fully saturated rings. The van der Waals surface area contributed by atoms with E-state index < -0.39 is 0 Å². The lowest BCUT2D eigenvalue weighted by Crippen LogP contribution is -2.10. The SMILES string of the molecule is O=C(C=C(O)C1CCCCC1)CCc1ccccc1-c1cc(-c2ccccc2-c2ccc(-c3cc4ccccc4cn3)cc2)cc(-c2ccccc2-c2ccc(-c3ccccc3)nc2)c1. The molecule has 4 nitrogen and oxygen atoms in total. The smallest absolute Gasteiger partial charge is 0.159 e. The van der Waals surface area contributed by atoms with E-state index in [4.69, 9.17) is 9.97 Å². The van der Waals surface area contributed by atoms with Crippen LogP contribution in [0.25, 0.3) is 88.9 Å². The van der Waals surface area contributed by atoms with Crippen molar-refractivity contribution in [3.63, 3.8) is 0 Å². The minimum absolute atomic E-state index is 0.0329. The number of rotatable bonds is 12. The van der Waals surface area contributed by atoms with Crippen LogP contribution in [0.5, 0.6) is 0 Å². The third kappa shape index (κ3) is 9.21. The van der Waals surface area contributed by atoms with Crippen molar-refractivity contribution in [1.29, 1.82) is 0 Å². The van der Waals surface area contributed by atoms with Crippen molar-refractivity contribution in [2.75, 3.05) is 0 Å². The number of aryl methyl sites for hydroxylation is 1. The Morgan fingerprint density at radius 1 is 0.462 bits per heavy atom. The van der Waals surface area contributed by atoms with Gasteiger partial charge in [0.15, 0.2) is 5.78 Å². The fourth-order valence-corrected chi connectivity index (χ4v) is 9.49. The van der Waals surface area contributed by atoms with Gasteiger partial charge < -0.3 is 5.11 Å². The number of aliphatic hydroxyl groups excluding tert-OH is 1. The molecule has 316 valence electrons. The molecule has 65 heavy (non-hydrogen) atoms. The van der Waals surface area contributed by atoms with E-state index in [-0.39, 0.29) is 17.5 Å². The summed E-state index contributed by atoms with van der Waals surface area (Å²) >= 11 is 0. The summed E-state index contributed by atoms with van der Waals surface area (Å²) in [6, 6.07) is 66.3. The Morgan fingerprint density at radius 3 is 1.63 bits per heavy atom. The molecule has 1 aliphatic rings. The molecule has 4 heteroatoms. The molecule has 10 rings (SSSR count). The Hall–Kier alpha value is -7.69. The molecule has 1 saturated carbocycles. The number of nitrogens with zero attached hydrogens (tertiary/aromatic N) is 2. The molecule has 0 aliphatic heterocycles. The topological polar surface area (TPSA) is 63.1 Å². The van der Waals surface area contributed by atoms with Crippen molar-refractivity contribution in [1.82, 2.24) is 9.97 Å². The lowest BCUT2D eigenvalue weighted by atomic mass is 9.86. The van der Waals surface area contributed by atoms with E-state index >= 15 is 0 Å². The van der Waals surface area contributed by atoms with Gasteiger partial charge in [0.05, 0.1) is 17.1 Å². The van der Waals surface area contributed by atoms with E-state index in [2.05, 4.69) is 164 Å². The zero-order valence-electron chi connectivity index (χ0n) is 36.4. The minimum atomic E-state index is -0.0329. The van der Waals surface area contributed by atoms with E-state index in [1.165, 1.54) is 17.9 Å². The van der Waals surface area contributed by atoms with Crippen LogP contribution in [0.1, 0.15) is 44.1 Å². The van der Waals surface area contributed by atoms with Crippen molar-refractivity contribution in [2.24, 2.45) is 5.92 Å². The molecular formula is C61H50N2O2. The summed E-state index contributed by atoms with van der Waals surface area (Å²) in [6.45, 7) is 0. The molecule has 0 bridgehead atoms. The van der Waals surface area contributed by atoms with Crippen LogP contribution in [0.3, 0.4) is 0 Å². The summed E-state index contributed by atoms with van der Waals surface area (Å²) in [5.41, 5.74) is 16.1. The third-order valence-corrected chi connectivity index (χ3v) is 13.0. The van der Waals surface area contributed by atoms with Crippen molar-refractivity contribution in [3.8, 4) is 78.1 Å². The molecule has 9 aromatic rings. The lowest BCUT2D eigenvalue weighted by Gasteiger charge is -2.20. The van der Waals surface area contributed by atoms with Crippen molar-refractivity contribution in [3.05, 3.63) is 218 Å². The van der Waals surface area contributed by atoms with Gasteiger partial charge >= 0.3 is 0 Å². The number of benzene rings is 7. The number of ketones is 1. The first-order valence-corrected chi connectivity index (χ1v) is 22.9. The molecular weight excluding hydrogens is 793 g/mol.